The summed E-state index contributed by atoms with van der Waals surface area (Å²) in [5, 5.41) is 32.1. The Hall–Kier alpha value is -4.46. The van der Waals surface area contributed by atoms with E-state index in [2.05, 4.69) is 52.4 Å². The first-order valence-electron chi connectivity index (χ1n) is 19.2. The minimum atomic E-state index is -1.07. The molecule has 3 N–H and O–H groups in total. The van der Waals surface area contributed by atoms with E-state index >= 15 is 0 Å². The highest BCUT2D eigenvalue weighted by Crippen LogP contribution is 2.72. The van der Waals surface area contributed by atoms with E-state index in [1.807, 2.05) is 55.4 Å². The molecule has 13 heteroatoms. The molecule has 4 atom stereocenters. The normalized spacial score (nSPS) is 27.1. The fraction of sp³-hybridized carbons (Fsp3) is 0.512. The monoisotopic (exact) mass is 747 g/mol. The van der Waals surface area contributed by atoms with Gasteiger partial charge in [-0.25, -0.2) is 14.8 Å². The van der Waals surface area contributed by atoms with Gasteiger partial charge in [-0.1, -0.05) is 37.3 Å². The number of ether oxygens (including phenoxy) is 1. The highest BCUT2D eigenvalue weighted by molar-refractivity contribution is 7.22. The molecular weight excluding hydrogens is 699 g/mol. The van der Waals surface area contributed by atoms with Crippen molar-refractivity contribution in [3.05, 3.63) is 65.1 Å². The van der Waals surface area contributed by atoms with Crippen molar-refractivity contribution in [1.29, 1.82) is 0 Å². The Morgan fingerprint density at radius 2 is 1.78 bits per heavy atom. The van der Waals surface area contributed by atoms with Crippen LogP contribution < -0.4 is 15.5 Å². The molecule has 1 aliphatic heterocycles. The number of hydrogen-bond acceptors (Lipinski definition) is 11. The smallest absolute Gasteiger partial charge is 0.355 e. The molecule has 1 aromatic carbocycles. The molecule has 5 aliphatic rings. The summed E-state index contributed by atoms with van der Waals surface area (Å²) in [4.78, 5) is 24.4. The van der Waals surface area contributed by atoms with Crippen molar-refractivity contribution in [3.8, 4) is 11.1 Å². The van der Waals surface area contributed by atoms with Gasteiger partial charge >= 0.3 is 5.97 Å². The molecule has 0 saturated heterocycles. The first-order chi connectivity index (χ1) is 25.9. The molecule has 5 heterocycles. The number of benzene rings is 1. The third-order valence-corrected chi connectivity index (χ3v) is 13.5. The largest absolute Gasteiger partial charge is 0.476 e. The Labute approximate surface area is 319 Å². The van der Waals surface area contributed by atoms with Crippen LogP contribution >= 0.6 is 11.3 Å². The summed E-state index contributed by atoms with van der Waals surface area (Å²) in [6, 6.07) is 11.8. The average Bonchev–Trinajstić information content (AvgIpc) is 3.69. The molecule has 5 aromatic rings. The fourth-order valence-electron chi connectivity index (χ4n) is 11.6. The standard InChI is InChI=1S/C41H49N9O3S/c1-25-27-9-8-15-49(35(27)48-47-34(25)46-37-44-30-10-6-7-11-31(30)54-37)32-13-12-28(33(45-32)36(51)52)29-17-43-50(26(29)2)24-40-19-38(3)18-39(4,20-40)22-41(21-38,23-40)53-16-14-42-5/h6-7,10-13,17,42H,8-9,14-16,18-24H2,1-5H3,(H,51,52)(H,44,46,47)/t38-,39+,40?,41?. The number of nitrogens with one attached hydrogen (secondary N) is 2. The van der Waals surface area contributed by atoms with Gasteiger partial charge in [0.05, 0.1) is 28.6 Å². The van der Waals surface area contributed by atoms with Gasteiger partial charge in [-0.05, 0) is 113 Å². The molecule has 0 spiro atoms. The molecule has 54 heavy (non-hydrogen) atoms. The number of thiazole rings is 1. The van der Waals surface area contributed by atoms with Crippen molar-refractivity contribution in [2.24, 2.45) is 16.2 Å². The van der Waals surface area contributed by atoms with Crippen LogP contribution in [-0.2, 0) is 17.7 Å². The Morgan fingerprint density at radius 1 is 0.981 bits per heavy atom. The molecular formula is C41H49N9O3S. The summed E-state index contributed by atoms with van der Waals surface area (Å²) < 4.78 is 9.99. The van der Waals surface area contributed by atoms with Crippen LogP contribution in [0, 0.1) is 30.1 Å². The number of hydrogen-bond donors (Lipinski definition) is 3. The first-order valence-corrected chi connectivity index (χ1v) is 20.0. The Kier molecular flexibility index (Phi) is 8.36. The highest BCUT2D eigenvalue weighted by Gasteiger charge is 2.66. The second-order valence-corrected chi connectivity index (χ2v) is 18.4. The molecule has 10 rings (SSSR count). The lowest BCUT2D eigenvalue weighted by molar-refractivity contribution is -0.247. The SMILES string of the molecule is CNCCOC12CC3(Cn4ncc(-c5ccc(N6CCCc7c6nnc(Nc6nc8ccccc8s6)c7C)nc5C(=O)O)c4C)C[C@@](C)(C1)C[C@](C)(C3)C2. The number of aromatic carboxylic acids is 1. The molecule has 0 radical (unpaired) electrons. The van der Waals surface area contributed by atoms with Crippen molar-refractivity contribution in [2.75, 3.05) is 37.0 Å². The van der Waals surface area contributed by atoms with Crippen molar-refractivity contribution < 1.29 is 14.6 Å². The van der Waals surface area contributed by atoms with Crippen molar-refractivity contribution >= 4 is 50.1 Å². The first kappa shape index (κ1) is 35.3. The molecule has 4 fully saturated rings. The number of nitrogens with zero attached hydrogens (tertiary/aromatic N) is 7. The maximum absolute atomic E-state index is 12.9. The van der Waals surface area contributed by atoms with Gasteiger partial charge in [-0.2, -0.15) is 5.10 Å². The number of carboxylic acid groups (broad SMARTS) is 1. The topological polar surface area (TPSA) is 143 Å². The molecule has 0 amide bonds. The highest BCUT2D eigenvalue weighted by atomic mass is 32.1. The van der Waals surface area contributed by atoms with E-state index < -0.39 is 5.97 Å². The number of carboxylic acids is 1. The van der Waals surface area contributed by atoms with Crippen LogP contribution in [0.25, 0.3) is 21.3 Å². The Balaban J connectivity index is 0.991. The van der Waals surface area contributed by atoms with Crippen molar-refractivity contribution in [2.45, 2.75) is 91.2 Å². The van der Waals surface area contributed by atoms with Gasteiger partial charge < -0.3 is 25.4 Å². The van der Waals surface area contributed by atoms with Crippen LogP contribution in [0.5, 0.6) is 0 Å². The number of likely N-dealkylation sites (N-methyl/N-ethyl adjacent to an activating group) is 1. The van der Waals surface area contributed by atoms with Crippen LogP contribution in [-0.4, -0.2) is 73.4 Å². The molecule has 12 nitrogen and oxygen atoms in total. The number of pyridine rings is 1. The van der Waals surface area contributed by atoms with E-state index in [4.69, 9.17) is 19.8 Å². The van der Waals surface area contributed by atoms with Crippen LogP contribution in [0.3, 0.4) is 0 Å². The average molecular weight is 748 g/mol. The lowest BCUT2D eigenvalue weighted by Crippen LogP contribution is -2.64. The Bertz CT molecular complexity index is 2230. The summed E-state index contributed by atoms with van der Waals surface area (Å²) in [6.07, 6.45) is 10.4. The van der Waals surface area contributed by atoms with E-state index in [-0.39, 0.29) is 27.5 Å². The minimum Gasteiger partial charge on any atom is -0.476 e. The maximum Gasteiger partial charge on any atom is 0.355 e. The number of anilines is 4. The third kappa shape index (κ3) is 6.04. The van der Waals surface area contributed by atoms with Gasteiger partial charge in [0.25, 0.3) is 0 Å². The maximum atomic E-state index is 12.9. The van der Waals surface area contributed by atoms with E-state index in [0.717, 1.165) is 102 Å². The van der Waals surface area contributed by atoms with Gasteiger partial charge in [0.15, 0.2) is 22.5 Å². The summed E-state index contributed by atoms with van der Waals surface area (Å²) in [7, 11) is 1.98. The predicted molar refractivity (Wildman–Crippen MR) is 211 cm³/mol. The van der Waals surface area contributed by atoms with Gasteiger partial charge in [0.1, 0.15) is 5.82 Å². The zero-order valence-corrected chi connectivity index (χ0v) is 32.6. The lowest BCUT2D eigenvalue weighted by Gasteiger charge is -2.69. The molecule has 282 valence electrons. The minimum absolute atomic E-state index is 0.00721. The molecule has 4 saturated carbocycles. The quantitative estimate of drug-likeness (QED) is 0.114. The van der Waals surface area contributed by atoms with Crippen LogP contribution in [0.1, 0.15) is 86.1 Å². The van der Waals surface area contributed by atoms with Gasteiger partial charge in [0.2, 0.25) is 0 Å². The summed E-state index contributed by atoms with van der Waals surface area (Å²) >= 11 is 1.58. The second-order valence-electron chi connectivity index (χ2n) is 17.3. The zero-order chi connectivity index (χ0) is 37.5. The summed E-state index contributed by atoms with van der Waals surface area (Å²) in [5.74, 6) is 0.850. The van der Waals surface area contributed by atoms with Crippen LogP contribution in [0.2, 0.25) is 0 Å². The van der Waals surface area contributed by atoms with Crippen molar-refractivity contribution in [3.63, 3.8) is 0 Å². The third-order valence-electron chi connectivity index (χ3n) is 12.6. The number of fused-ring (bicyclic) bond motifs is 2. The number of rotatable bonds is 11. The van der Waals surface area contributed by atoms with Crippen molar-refractivity contribution in [1.82, 2.24) is 35.3 Å². The van der Waals surface area contributed by atoms with Crippen LogP contribution in [0.4, 0.5) is 22.6 Å². The molecule has 4 bridgehead atoms. The second kappa shape index (κ2) is 12.8. The van der Waals surface area contributed by atoms with Gasteiger partial charge in [-0.15, -0.1) is 10.2 Å². The van der Waals surface area contributed by atoms with Crippen LogP contribution in [0.15, 0.2) is 42.6 Å². The van der Waals surface area contributed by atoms with E-state index in [1.54, 1.807) is 11.3 Å². The van der Waals surface area contributed by atoms with E-state index in [9.17, 15) is 9.90 Å². The summed E-state index contributed by atoms with van der Waals surface area (Å²) in [5.41, 5.74) is 5.82. The Morgan fingerprint density at radius 3 is 2.54 bits per heavy atom. The number of carbonyl (C=O) groups is 1. The molecule has 4 aromatic heterocycles. The molecule has 2 unspecified atom stereocenters. The van der Waals surface area contributed by atoms with Gasteiger partial charge in [-0.3, -0.25) is 4.68 Å². The van der Waals surface area contributed by atoms with E-state index in [0.29, 0.717) is 29.6 Å². The van der Waals surface area contributed by atoms with Gasteiger partial charge in [0, 0.05) is 47.6 Å². The van der Waals surface area contributed by atoms with E-state index in [1.165, 1.54) is 6.42 Å². The number of para-hydroxylation sites is 1. The molecule has 4 aliphatic carbocycles. The fourth-order valence-corrected chi connectivity index (χ4v) is 12.5. The lowest BCUT2D eigenvalue weighted by atomic mass is 9.39. The summed E-state index contributed by atoms with van der Waals surface area (Å²) in [6.45, 7) is 12.1. The zero-order valence-electron chi connectivity index (χ0n) is 31.8. The predicted octanol–water partition coefficient (Wildman–Crippen LogP) is 7.84. The number of aromatic nitrogens is 6.